The van der Waals surface area contributed by atoms with E-state index in [1.807, 2.05) is 12.1 Å². The first-order chi connectivity index (χ1) is 22.3. The molecule has 1 saturated carbocycles. The number of aromatic nitrogens is 1. The lowest BCUT2D eigenvalue weighted by Crippen LogP contribution is -2.35. The van der Waals surface area contributed by atoms with E-state index in [0.29, 0.717) is 36.8 Å². The molecule has 14 heteroatoms. The van der Waals surface area contributed by atoms with Crippen LogP contribution in [0.25, 0.3) is 11.1 Å². The smallest absolute Gasteiger partial charge is 0.495 e. The molecule has 8 nitrogen and oxygen atoms in total. The predicted molar refractivity (Wildman–Crippen MR) is 156 cm³/mol. The molecule has 0 unspecified atom stereocenters. The third kappa shape index (κ3) is 8.86. The summed E-state index contributed by atoms with van der Waals surface area (Å²) in [5, 5.41) is 0. The molecule has 1 aliphatic carbocycles. The van der Waals surface area contributed by atoms with Crippen LogP contribution in [0.3, 0.4) is 0 Å². The first kappa shape index (κ1) is 33.9. The molecular weight excluding hydrogens is 634 g/mol. The number of carbonyl (C=O) groups is 2. The number of carbonyl (C=O) groups excluding carboxylic acids is 2. The van der Waals surface area contributed by atoms with Gasteiger partial charge in [0.1, 0.15) is 17.2 Å². The fraction of sp³-hybridized carbons (Fsp3) is 0.424. The van der Waals surface area contributed by atoms with Crippen molar-refractivity contribution in [3.05, 3.63) is 72.1 Å². The molecule has 1 saturated heterocycles. The van der Waals surface area contributed by atoms with Crippen molar-refractivity contribution in [2.45, 2.75) is 50.4 Å². The van der Waals surface area contributed by atoms with E-state index >= 15 is 0 Å². The molecule has 2 heterocycles. The number of pyridine rings is 1. The summed E-state index contributed by atoms with van der Waals surface area (Å²) in [5.41, 5.74) is 1.94. The minimum Gasteiger partial charge on any atom is -0.497 e. The minimum absolute atomic E-state index is 0.139. The zero-order valence-electron chi connectivity index (χ0n) is 25.3. The van der Waals surface area contributed by atoms with Gasteiger partial charge in [-0.25, -0.2) is 19.4 Å². The Labute approximate surface area is 266 Å². The van der Waals surface area contributed by atoms with Crippen molar-refractivity contribution < 1.29 is 55.2 Å². The van der Waals surface area contributed by atoms with Crippen LogP contribution in [-0.4, -0.2) is 49.9 Å². The molecule has 47 heavy (non-hydrogen) atoms. The summed E-state index contributed by atoms with van der Waals surface area (Å²) < 4.78 is 87.7. The van der Waals surface area contributed by atoms with Gasteiger partial charge in [-0.15, -0.1) is 0 Å². The normalized spacial score (nSPS) is 16.4. The molecule has 5 rings (SSSR count). The van der Waals surface area contributed by atoms with Crippen molar-refractivity contribution >= 4 is 17.6 Å². The van der Waals surface area contributed by atoms with Crippen molar-refractivity contribution in [3.8, 4) is 22.6 Å². The topological polar surface area (TPSA) is 87.2 Å². The standard InChI is InChI=1S/C33H32F6N2O6/c1-44-24-8-9-26(23-7-10-29(40-18-23)32(34,35)36)28(16-24)41-13-11-20(12-14-41)19-45-25-4-2-3-22(15-25)27(21-5-6-21)17-30(42)46-47-31(43)33(37,38)39/h2-4,7-10,15-16,18,20-21,27H,5-6,11-14,17,19H2,1H3/t27-/m0/s1. The number of anilines is 1. The second-order valence-electron chi connectivity index (χ2n) is 11.6. The van der Waals surface area contributed by atoms with Gasteiger partial charge in [-0.1, -0.05) is 18.2 Å². The number of hydrogen-bond acceptors (Lipinski definition) is 8. The summed E-state index contributed by atoms with van der Waals surface area (Å²) in [7, 11) is 1.55. The second kappa shape index (κ2) is 14.1. The summed E-state index contributed by atoms with van der Waals surface area (Å²) in [5.74, 6) is -2.46. The Balaban J connectivity index is 1.18. The second-order valence-corrected chi connectivity index (χ2v) is 11.6. The van der Waals surface area contributed by atoms with Crippen LogP contribution in [0, 0.1) is 11.8 Å². The zero-order valence-corrected chi connectivity index (χ0v) is 25.3. The van der Waals surface area contributed by atoms with Gasteiger partial charge in [0.05, 0.1) is 20.1 Å². The van der Waals surface area contributed by atoms with Crippen molar-refractivity contribution in [3.63, 3.8) is 0 Å². The number of rotatable bonds is 10. The Kier molecular flexibility index (Phi) is 10.2. The highest BCUT2D eigenvalue weighted by atomic mass is 19.4. The first-order valence-corrected chi connectivity index (χ1v) is 15.0. The maximum atomic E-state index is 13.1. The van der Waals surface area contributed by atoms with Gasteiger partial charge in [0.2, 0.25) is 0 Å². The average molecular weight is 667 g/mol. The summed E-state index contributed by atoms with van der Waals surface area (Å²) in [6.07, 6.45) is -5.58. The van der Waals surface area contributed by atoms with Crippen LogP contribution in [0.5, 0.6) is 11.5 Å². The van der Waals surface area contributed by atoms with E-state index in [9.17, 15) is 35.9 Å². The van der Waals surface area contributed by atoms with Gasteiger partial charge in [0, 0.05) is 42.2 Å². The van der Waals surface area contributed by atoms with E-state index in [0.717, 1.165) is 48.6 Å². The van der Waals surface area contributed by atoms with Gasteiger partial charge in [-0.3, -0.25) is 4.98 Å². The average Bonchev–Trinajstić information content (AvgIpc) is 3.90. The summed E-state index contributed by atoms with van der Waals surface area (Å²) in [6.45, 7) is 1.77. The number of nitrogens with zero attached hydrogens (tertiary/aromatic N) is 2. The number of alkyl halides is 6. The highest BCUT2D eigenvalue weighted by molar-refractivity contribution is 5.80. The molecule has 0 N–H and O–H groups in total. The molecule has 0 radical (unpaired) electrons. The number of benzene rings is 2. The van der Waals surface area contributed by atoms with Crippen LogP contribution in [0.4, 0.5) is 32.0 Å². The Bertz CT molecular complexity index is 1550. The van der Waals surface area contributed by atoms with E-state index in [-0.39, 0.29) is 24.2 Å². The van der Waals surface area contributed by atoms with Gasteiger partial charge < -0.3 is 14.4 Å². The number of piperidine rings is 1. The zero-order chi connectivity index (χ0) is 33.8. The number of ether oxygens (including phenoxy) is 2. The quantitative estimate of drug-likeness (QED) is 0.125. The lowest BCUT2D eigenvalue weighted by atomic mass is 9.91. The van der Waals surface area contributed by atoms with Gasteiger partial charge in [-0.2, -0.15) is 26.3 Å². The Hall–Kier alpha value is -4.49. The molecule has 0 spiro atoms. The molecule has 1 aliphatic heterocycles. The highest BCUT2D eigenvalue weighted by Gasteiger charge is 2.43. The molecule has 3 aromatic rings. The third-order valence-corrected chi connectivity index (χ3v) is 8.32. The molecule has 0 bridgehead atoms. The number of methoxy groups -OCH3 is 1. The lowest BCUT2D eigenvalue weighted by molar-refractivity contribution is -0.286. The molecule has 2 aliphatic rings. The Morgan fingerprint density at radius 2 is 1.66 bits per heavy atom. The van der Waals surface area contributed by atoms with Gasteiger partial charge in [0.15, 0.2) is 0 Å². The van der Waals surface area contributed by atoms with Crippen LogP contribution in [0.1, 0.15) is 49.3 Å². The predicted octanol–water partition coefficient (Wildman–Crippen LogP) is 7.52. The Morgan fingerprint density at radius 3 is 2.28 bits per heavy atom. The van der Waals surface area contributed by atoms with Gasteiger partial charge in [-0.05, 0) is 79.3 Å². The van der Waals surface area contributed by atoms with Crippen LogP contribution in [-0.2, 0) is 25.5 Å². The molecule has 2 fully saturated rings. The lowest BCUT2D eigenvalue weighted by Gasteiger charge is -2.35. The van der Waals surface area contributed by atoms with E-state index in [4.69, 9.17) is 9.47 Å². The molecule has 1 atom stereocenters. The number of halogens is 6. The van der Waals surface area contributed by atoms with Gasteiger partial charge in [0.25, 0.3) is 0 Å². The first-order valence-electron chi connectivity index (χ1n) is 15.0. The maximum absolute atomic E-state index is 13.1. The summed E-state index contributed by atoms with van der Waals surface area (Å²) >= 11 is 0. The van der Waals surface area contributed by atoms with E-state index in [2.05, 4.69) is 19.7 Å². The summed E-state index contributed by atoms with van der Waals surface area (Å²) in [4.78, 5) is 36.6. The maximum Gasteiger partial charge on any atom is 0.495 e. The van der Waals surface area contributed by atoms with Crippen LogP contribution in [0.2, 0.25) is 0 Å². The van der Waals surface area contributed by atoms with Crippen molar-refractivity contribution in [2.24, 2.45) is 11.8 Å². The van der Waals surface area contributed by atoms with Crippen LogP contribution in [0.15, 0.2) is 60.8 Å². The highest BCUT2D eigenvalue weighted by Crippen LogP contribution is 2.45. The molecule has 0 amide bonds. The van der Waals surface area contributed by atoms with E-state index < -0.39 is 30.0 Å². The molecule has 1 aromatic heterocycles. The van der Waals surface area contributed by atoms with E-state index in [1.54, 1.807) is 37.4 Å². The van der Waals surface area contributed by atoms with Gasteiger partial charge >= 0.3 is 24.3 Å². The SMILES string of the molecule is COc1ccc(-c2ccc(C(F)(F)F)nc2)c(N2CCC(COc3cccc([C@@H](CC(=O)OOC(=O)C(F)(F)F)C4CC4)c3)CC2)c1. The van der Waals surface area contributed by atoms with Crippen molar-refractivity contribution in [1.82, 2.24) is 4.98 Å². The van der Waals surface area contributed by atoms with E-state index in [1.165, 1.54) is 12.3 Å². The molecule has 252 valence electrons. The molecular formula is C33H32F6N2O6. The fourth-order valence-electron chi connectivity index (χ4n) is 5.66. The summed E-state index contributed by atoms with van der Waals surface area (Å²) in [6, 6.07) is 15.0. The minimum atomic E-state index is -5.27. The Morgan fingerprint density at radius 1 is 0.915 bits per heavy atom. The largest absolute Gasteiger partial charge is 0.497 e. The third-order valence-electron chi connectivity index (χ3n) is 8.32. The van der Waals surface area contributed by atoms with Crippen molar-refractivity contribution in [1.29, 1.82) is 0 Å². The van der Waals surface area contributed by atoms with Crippen molar-refractivity contribution in [2.75, 3.05) is 31.7 Å². The fourth-order valence-corrected chi connectivity index (χ4v) is 5.66. The van der Waals surface area contributed by atoms with Crippen LogP contribution < -0.4 is 14.4 Å². The van der Waals surface area contributed by atoms with Crippen LogP contribution >= 0.6 is 0 Å². The molecule has 2 aromatic carbocycles. The monoisotopic (exact) mass is 666 g/mol. The number of hydrogen-bond donors (Lipinski definition) is 0.